The van der Waals surface area contributed by atoms with Gasteiger partial charge in [-0.25, -0.2) is 0 Å². The lowest BCUT2D eigenvalue weighted by molar-refractivity contribution is 0.367. The predicted molar refractivity (Wildman–Crippen MR) is 83.2 cm³/mol. The standard InChI is InChI=1S/C18H24N2/c1-13-8-14(2)10-17(9-13)12-20-15(3)18-6-4-16(11-19)5-7-18/h4-8,13,15,17,20H,9-10,12H2,1-3H3. The van der Waals surface area contributed by atoms with E-state index in [4.69, 9.17) is 5.26 Å². The minimum absolute atomic E-state index is 0.337. The molecular formula is C18H24N2. The maximum absolute atomic E-state index is 8.82. The summed E-state index contributed by atoms with van der Waals surface area (Å²) in [6.07, 6.45) is 4.91. The highest BCUT2D eigenvalue weighted by molar-refractivity contribution is 5.32. The second-order valence-corrected chi connectivity index (χ2v) is 6.16. The van der Waals surface area contributed by atoms with Gasteiger partial charge in [0.25, 0.3) is 0 Å². The van der Waals surface area contributed by atoms with Crippen LogP contribution in [0.3, 0.4) is 0 Å². The third-order valence-corrected chi connectivity index (χ3v) is 4.14. The predicted octanol–water partition coefficient (Wildman–Crippen LogP) is 4.20. The topological polar surface area (TPSA) is 35.8 Å². The van der Waals surface area contributed by atoms with Crippen LogP contribution in [0.25, 0.3) is 0 Å². The summed E-state index contributed by atoms with van der Waals surface area (Å²) in [5, 5.41) is 12.5. The first-order valence-electron chi connectivity index (χ1n) is 7.49. The van der Waals surface area contributed by atoms with Crippen LogP contribution in [0.5, 0.6) is 0 Å². The zero-order valence-corrected chi connectivity index (χ0v) is 12.7. The number of nitriles is 1. The fourth-order valence-electron chi connectivity index (χ4n) is 3.15. The molecule has 0 radical (unpaired) electrons. The van der Waals surface area contributed by atoms with E-state index in [1.165, 1.54) is 24.0 Å². The summed E-state index contributed by atoms with van der Waals surface area (Å²) in [6, 6.07) is 10.4. The molecule has 1 aliphatic carbocycles. The van der Waals surface area contributed by atoms with Crippen molar-refractivity contribution in [1.82, 2.24) is 5.32 Å². The van der Waals surface area contributed by atoms with E-state index in [0.29, 0.717) is 12.0 Å². The minimum Gasteiger partial charge on any atom is -0.310 e. The molecule has 0 bridgehead atoms. The molecule has 2 rings (SSSR count). The van der Waals surface area contributed by atoms with E-state index in [-0.39, 0.29) is 0 Å². The molecule has 0 fully saturated rings. The number of hydrogen-bond donors (Lipinski definition) is 1. The number of benzene rings is 1. The van der Waals surface area contributed by atoms with Crippen LogP contribution in [0.1, 0.15) is 50.8 Å². The molecule has 106 valence electrons. The Hall–Kier alpha value is -1.59. The lowest BCUT2D eigenvalue weighted by atomic mass is 9.83. The Morgan fingerprint density at radius 1 is 1.35 bits per heavy atom. The Morgan fingerprint density at radius 2 is 2.05 bits per heavy atom. The van der Waals surface area contributed by atoms with E-state index < -0.39 is 0 Å². The molecule has 0 saturated carbocycles. The molecule has 20 heavy (non-hydrogen) atoms. The molecule has 3 atom stereocenters. The maximum atomic E-state index is 8.82. The summed E-state index contributed by atoms with van der Waals surface area (Å²) in [4.78, 5) is 0. The first-order valence-corrected chi connectivity index (χ1v) is 7.49. The van der Waals surface area contributed by atoms with Crippen LogP contribution in [0.4, 0.5) is 0 Å². The van der Waals surface area contributed by atoms with Crippen LogP contribution in [0.15, 0.2) is 35.9 Å². The van der Waals surface area contributed by atoms with Crippen molar-refractivity contribution in [3.63, 3.8) is 0 Å². The van der Waals surface area contributed by atoms with Gasteiger partial charge >= 0.3 is 0 Å². The van der Waals surface area contributed by atoms with E-state index in [1.807, 2.05) is 24.3 Å². The van der Waals surface area contributed by atoms with Gasteiger partial charge in [-0.2, -0.15) is 5.26 Å². The lowest BCUT2D eigenvalue weighted by Crippen LogP contribution is -2.28. The number of allylic oxidation sites excluding steroid dienone is 2. The van der Waals surface area contributed by atoms with Crippen molar-refractivity contribution in [3.05, 3.63) is 47.0 Å². The van der Waals surface area contributed by atoms with Gasteiger partial charge in [0.1, 0.15) is 0 Å². The Bertz CT molecular complexity index is 507. The molecule has 2 heteroatoms. The van der Waals surface area contributed by atoms with Gasteiger partial charge in [0.15, 0.2) is 0 Å². The SMILES string of the molecule is CC1=CC(C)CC(CNC(C)c2ccc(C#N)cc2)C1. The van der Waals surface area contributed by atoms with Crippen molar-refractivity contribution in [1.29, 1.82) is 5.26 Å². The van der Waals surface area contributed by atoms with Crippen LogP contribution in [0.2, 0.25) is 0 Å². The number of nitrogens with zero attached hydrogens (tertiary/aromatic N) is 1. The molecule has 0 aliphatic heterocycles. The van der Waals surface area contributed by atoms with Crippen LogP contribution in [-0.2, 0) is 0 Å². The van der Waals surface area contributed by atoms with Crippen molar-refractivity contribution in [3.8, 4) is 6.07 Å². The smallest absolute Gasteiger partial charge is 0.0991 e. The molecule has 0 spiro atoms. The van der Waals surface area contributed by atoms with E-state index in [2.05, 4.69) is 38.2 Å². The number of nitrogens with one attached hydrogen (secondary N) is 1. The second-order valence-electron chi connectivity index (χ2n) is 6.16. The van der Waals surface area contributed by atoms with E-state index in [9.17, 15) is 0 Å². The molecule has 0 saturated heterocycles. The van der Waals surface area contributed by atoms with Gasteiger partial charge in [0.2, 0.25) is 0 Å². The molecule has 1 aliphatic rings. The zero-order chi connectivity index (χ0) is 14.5. The van der Waals surface area contributed by atoms with Gasteiger partial charge in [-0.15, -0.1) is 0 Å². The quantitative estimate of drug-likeness (QED) is 0.831. The summed E-state index contributed by atoms with van der Waals surface area (Å²) in [6.45, 7) is 7.80. The summed E-state index contributed by atoms with van der Waals surface area (Å²) >= 11 is 0. The molecule has 0 aromatic heterocycles. The van der Waals surface area contributed by atoms with Crippen LogP contribution in [0, 0.1) is 23.2 Å². The Labute approximate surface area is 122 Å². The van der Waals surface area contributed by atoms with Gasteiger partial charge in [0.05, 0.1) is 11.6 Å². The van der Waals surface area contributed by atoms with E-state index in [1.54, 1.807) is 0 Å². The normalized spacial score (nSPS) is 23.8. The highest BCUT2D eigenvalue weighted by atomic mass is 14.9. The number of rotatable bonds is 4. The maximum Gasteiger partial charge on any atom is 0.0991 e. The summed E-state index contributed by atoms with van der Waals surface area (Å²) in [7, 11) is 0. The summed E-state index contributed by atoms with van der Waals surface area (Å²) in [5.74, 6) is 1.46. The van der Waals surface area contributed by atoms with Gasteiger partial charge in [0, 0.05) is 6.04 Å². The third-order valence-electron chi connectivity index (χ3n) is 4.14. The van der Waals surface area contributed by atoms with Crippen molar-refractivity contribution >= 4 is 0 Å². The fraction of sp³-hybridized carbons (Fsp3) is 0.500. The second kappa shape index (κ2) is 6.72. The Balaban J connectivity index is 1.87. The van der Waals surface area contributed by atoms with E-state index >= 15 is 0 Å². The molecule has 3 unspecified atom stereocenters. The Kier molecular flexibility index (Phi) is 4.98. The number of hydrogen-bond acceptors (Lipinski definition) is 2. The minimum atomic E-state index is 0.337. The molecule has 1 N–H and O–H groups in total. The Morgan fingerprint density at radius 3 is 2.65 bits per heavy atom. The summed E-state index contributed by atoms with van der Waals surface area (Å²) < 4.78 is 0. The zero-order valence-electron chi connectivity index (χ0n) is 12.7. The lowest BCUT2D eigenvalue weighted by Gasteiger charge is -2.27. The van der Waals surface area contributed by atoms with E-state index in [0.717, 1.165) is 18.0 Å². The monoisotopic (exact) mass is 268 g/mol. The first kappa shape index (κ1) is 14.8. The van der Waals surface area contributed by atoms with Crippen molar-refractivity contribution in [2.24, 2.45) is 11.8 Å². The van der Waals surface area contributed by atoms with Crippen LogP contribution in [-0.4, -0.2) is 6.54 Å². The largest absolute Gasteiger partial charge is 0.310 e. The van der Waals surface area contributed by atoms with Crippen LogP contribution < -0.4 is 5.32 Å². The van der Waals surface area contributed by atoms with Crippen molar-refractivity contribution in [2.45, 2.75) is 39.7 Å². The van der Waals surface area contributed by atoms with Gasteiger partial charge < -0.3 is 5.32 Å². The average Bonchev–Trinajstić information content (AvgIpc) is 2.44. The molecule has 1 aromatic carbocycles. The molecule has 0 amide bonds. The average molecular weight is 268 g/mol. The summed E-state index contributed by atoms with van der Waals surface area (Å²) in [5.41, 5.74) is 3.50. The third kappa shape index (κ3) is 3.95. The first-order chi connectivity index (χ1) is 9.58. The van der Waals surface area contributed by atoms with Crippen molar-refractivity contribution in [2.75, 3.05) is 6.54 Å². The van der Waals surface area contributed by atoms with Gasteiger partial charge in [-0.1, -0.05) is 30.7 Å². The van der Waals surface area contributed by atoms with Gasteiger partial charge in [-0.05, 0) is 62.8 Å². The molecule has 2 nitrogen and oxygen atoms in total. The van der Waals surface area contributed by atoms with Gasteiger partial charge in [-0.3, -0.25) is 0 Å². The van der Waals surface area contributed by atoms with Crippen molar-refractivity contribution < 1.29 is 0 Å². The highest BCUT2D eigenvalue weighted by Crippen LogP contribution is 2.27. The molecular weight excluding hydrogens is 244 g/mol. The molecule has 0 heterocycles. The molecule has 1 aromatic rings. The highest BCUT2D eigenvalue weighted by Gasteiger charge is 2.18. The van der Waals surface area contributed by atoms with Crippen LogP contribution >= 0.6 is 0 Å². The fourth-order valence-corrected chi connectivity index (χ4v) is 3.15.